The summed E-state index contributed by atoms with van der Waals surface area (Å²) in [6, 6.07) is 5.10. The van der Waals surface area contributed by atoms with Gasteiger partial charge in [0.1, 0.15) is 11.5 Å². The van der Waals surface area contributed by atoms with Crippen molar-refractivity contribution in [3.05, 3.63) is 28.7 Å². The summed E-state index contributed by atoms with van der Waals surface area (Å²) < 4.78 is 16.8. The van der Waals surface area contributed by atoms with Gasteiger partial charge in [-0.25, -0.2) is 9.89 Å². The molecule has 0 fully saturated rings. The van der Waals surface area contributed by atoms with E-state index in [1.807, 2.05) is 0 Å². The van der Waals surface area contributed by atoms with Gasteiger partial charge in [-0.3, -0.25) is 9.36 Å². The number of rotatable bonds is 10. The predicted octanol–water partition coefficient (Wildman–Crippen LogP) is 1.36. The number of nitrogens with one attached hydrogen (secondary N) is 2. The molecular formula is C16H22N4O5S. The van der Waals surface area contributed by atoms with E-state index in [0.717, 1.165) is 0 Å². The Bertz CT molecular complexity index is 767. The highest BCUT2D eigenvalue weighted by molar-refractivity contribution is 7.99. The molecule has 0 saturated heterocycles. The highest BCUT2D eigenvalue weighted by Gasteiger charge is 2.12. The van der Waals surface area contributed by atoms with Gasteiger partial charge in [0.05, 0.1) is 20.0 Å². The van der Waals surface area contributed by atoms with Gasteiger partial charge in [0.15, 0.2) is 5.16 Å². The number of H-pyrrole nitrogens is 1. The molecule has 26 heavy (non-hydrogen) atoms. The van der Waals surface area contributed by atoms with Crippen molar-refractivity contribution < 1.29 is 19.0 Å². The van der Waals surface area contributed by atoms with Crippen molar-refractivity contribution in [1.82, 2.24) is 14.8 Å². The first-order chi connectivity index (χ1) is 12.6. The Labute approximate surface area is 155 Å². The fourth-order valence-corrected chi connectivity index (χ4v) is 2.96. The summed E-state index contributed by atoms with van der Waals surface area (Å²) in [6.07, 6.45) is 0.680. The lowest BCUT2D eigenvalue weighted by Crippen LogP contribution is -2.19. The van der Waals surface area contributed by atoms with Crippen molar-refractivity contribution in [2.75, 3.05) is 39.0 Å². The van der Waals surface area contributed by atoms with Crippen LogP contribution in [0.1, 0.15) is 6.42 Å². The fourth-order valence-electron chi connectivity index (χ4n) is 2.18. The van der Waals surface area contributed by atoms with E-state index in [-0.39, 0.29) is 17.3 Å². The van der Waals surface area contributed by atoms with Gasteiger partial charge in [-0.15, -0.1) is 5.10 Å². The number of hydrogen-bond acceptors (Lipinski definition) is 7. The van der Waals surface area contributed by atoms with E-state index in [1.54, 1.807) is 25.3 Å². The van der Waals surface area contributed by atoms with Crippen LogP contribution in [0, 0.1) is 0 Å². The molecule has 0 aliphatic heterocycles. The topological polar surface area (TPSA) is 107 Å². The number of ether oxygens (including phenoxy) is 3. The van der Waals surface area contributed by atoms with E-state index in [9.17, 15) is 9.59 Å². The highest BCUT2D eigenvalue weighted by atomic mass is 32.2. The lowest BCUT2D eigenvalue weighted by molar-refractivity contribution is -0.113. The van der Waals surface area contributed by atoms with Gasteiger partial charge in [0.2, 0.25) is 5.91 Å². The number of nitrogens with zero attached hydrogens (tertiary/aromatic N) is 2. The maximum Gasteiger partial charge on any atom is 0.343 e. The average molecular weight is 382 g/mol. The molecule has 0 radical (unpaired) electrons. The van der Waals surface area contributed by atoms with Crippen LogP contribution in [0.2, 0.25) is 0 Å². The van der Waals surface area contributed by atoms with Gasteiger partial charge in [-0.1, -0.05) is 11.8 Å². The molecule has 2 N–H and O–H groups in total. The SMILES string of the molecule is COCCCn1c(SCC(=O)Nc2cc(OC)cc(OC)c2)n[nH]c1=O. The van der Waals surface area contributed by atoms with Crippen LogP contribution in [0.3, 0.4) is 0 Å². The molecular weight excluding hydrogens is 360 g/mol. The van der Waals surface area contributed by atoms with Crippen LogP contribution in [0.4, 0.5) is 5.69 Å². The number of carbonyl (C=O) groups excluding carboxylic acids is 1. The summed E-state index contributed by atoms with van der Waals surface area (Å²) in [5.41, 5.74) is 0.257. The van der Waals surface area contributed by atoms with Crippen molar-refractivity contribution in [2.45, 2.75) is 18.1 Å². The van der Waals surface area contributed by atoms with Crippen molar-refractivity contribution in [3.63, 3.8) is 0 Å². The molecule has 9 nitrogen and oxygen atoms in total. The lowest BCUT2D eigenvalue weighted by Gasteiger charge is -2.10. The van der Waals surface area contributed by atoms with E-state index >= 15 is 0 Å². The molecule has 0 spiro atoms. The number of hydrogen-bond donors (Lipinski definition) is 2. The monoisotopic (exact) mass is 382 g/mol. The summed E-state index contributed by atoms with van der Waals surface area (Å²) in [5.74, 6) is 1.02. The largest absolute Gasteiger partial charge is 0.497 e. The Morgan fingerprint density at radius 1 is 1.23 bits per heavy atom. The third-order valence-electron chi connectivity index (χ3n) is 3.42. The first-order valence-corrected chi connectivity index (χ1v) is 8.85. The van der Waals surface area contributed by atoms with E-state index in [1.165, 1.54) is 30.5 Å². The van der Waals surface area contributed by atoms with E-state index in [2.05, 4.69) is 15.5 Å². The number of thioether (sulfide) groups is 1. The molecule has 1 aromatic carbocycles. The Balaban J connectivity index is 1.96. The van der Waals surface area contributed by atoms with E-state index in [0.29, 0.717) is 41.9 Å². The Morgan fingerprint density at radius 2 is 1.92 bits per heavy atom. The average Bonchev–Trinajstić information content (AvgIpc) is 2.99. The number of anilines is 1. The van der Waals surface area contributed by atoms with Gasteiger partial charge < -0.3 is 19.5 Å². The van der Waals surface area contributed by atoms with Crippen LogP contribution in [0.5, 0.6) is 11.5 Å². The second-order valence-corrected chi connectivity index (χ2v) is 6.19. The number of aromatic amines is 1. The standard InChI is InChI=1S/C16H22N4O5S/c1-23-6-4-5-20-15(22)18-19-16(20)26-10-14(21)17-11-7-12(24-2)9-13(8-11)25-3/h7-9H,4-6,10H2,1-3H3,(H,17,21)(H,18,22). The van der Waals surface area contributed by atoms with Gasteiger partial charge in [0, 0.05) is 44.1 Å². The van der Waals surface area contributed by atoms with Gasteiger partial charge in [-0.2, -0.15) is 0 Å². The van der Waals surface area contributed by atoms with Gasteiger partial charge >= 0.3 is 5.69 Å². The number of aromatic nitrogens is 3. The summed E-state index contributed by atoms with van der Waals surface area (Å²) in [7, 11) is 4.68. The molecule has 1 amide bonds. The molecule has 0 aliphatic rings. The first-order valence-electron chi connectivity index (χ1n) is 7.87. The lowest BCUT2D eigenvalue weighted by atomic mass is 10.2. The van der Waals surface area contributed by atoms with Crippen molar-refractivity contribution in [2.24, 2.45) is 0 Å². The zero-order valence-corrected chi connectivity index (χ0v) is 15.7. The second kappa shape index (κ2) is 9.88. The molecule has 0 atom stereocenters. The third-order valence-corrected chi connectivity index (χ3v) is 4.40. The summed E-state index contributed by atoms with van der Waals surface area (Å²) >= 11 is 1.18. The molecule has 2 rings (SSSR count). The predicted molar refractivity (Wildman–Crippen MR) is 98.2 cm³/mol. The maximum atomic E-state index is 12.2. The Kier molecular flexibility index (Phi) is 7.54. The third kappa shape index (κ3) is 5.53. The number of methoxy groups -OCH3 is 3. The quantitative estimate of drug-likeness (QED) is 0.472. The number of benzene rings is 1. The molecule has 10 heteroatoms. The number of carbonyl (C=O) groups is 1. The van der Waals surface area contributed by atoms with Gasteiger partial charge in [0.25, 0.3) is 0 Å². The van der Waals surface area contributed by atoms with Crippen molar-refractivity contribution in [1.29, 1.82) is 0 Å². The van der Waals surface area contributed by atoms with Crippen LogP contribution < -0.4 is 20.5 Å². The van der Waals surface area contributed by atoms with E-state index in [4.69, 9.17) is 14.2 Å². The molecule has 0 unspecified atom stereocenters. The second-order valence-electron chi connectivity index (χ2n) is 5.25. The van der Waals surface area contributed by atoms with Crippen LogP contribution in [-0.2, 0) is 16.1 Å². The molecule has 1 heterocycles. The number of amides is 1. The molecule has 2 aromatic rings. The van der Waals surface area contributed by atoms with Crippen LogP contribution >= 0.6 is 11.8 Å². The Morgan fingerprint density at radius 3 is 2.54 bits per heavy atom. The van der Waals surface area contributed by atoms with Crippen LogP contribution in [0.15, 0.2) is 28.2 Å². The first kappa shape index (κ1) is 19.9. The molecule has 142 valence electrons. The minimum Gasteiger partial charge on any atom is -0.497 e. The zero-order chi connectivity index (χ0) is 18.9. The summed E-state index contributed by atoms with van der Waals surface area (Å²) in [6.45, 7) is 1.01. The molecule has 0 bridgehead atoms. The summed E-state index contributed by atoms with van der Waals surface area (Å²) in [4.78, 5) is 24.0. The normalized spacial score (nSPS) is 10.6. The summed E-state index contributed by atoms with van der Waals surface area (Å²) in [5, 5.41) is 9.59. The van der Waals surface area contributed by atoms with Crippen molar-refractivity contribution in [3.8, 4) is 11.5 Å². The van der Waals surface area contributed by atoms with Gasteiger partial charge in [-0.05, 0) is 6.42 Å². The fraction of sp³-hybridized carbons (Fsp3) is 0.438. The van der Waals surface area contributed by atoms with Crippen LogP contribution in [0.25, 0.3) is 0 Å². The zero-order valence-electron chi connectivity index (χ0n) is 14.9. The van der Waals surface area contributed by atoms with Crippen molar-refractivity contribution >= 4 is 23.4 Å². The van der Waals surface area contributed by atoms with Crippen LogP contribution in [-0.4, -0.2) is 54.4 Å². The Hall–Kier alpha value is -2.46. The highest BCUT2D eigenvalue weighted by Crippen LogP contribution is 2.26. The maximum absolute atomic E-state index is 12.2. The molecule has 1 aromatic heterocycles. The van der Waals surface area contributed by atoms with E-state index < -0.39 is 0 Å². The molecule has 0 aliphatic carbocycles. The molecule has 0 saturated carbocycles. The minimum absolute atomic E-state index is 0.105. The minimum atomic E-state index is -0.304. The smallest absolute Gasteiger partial charge is 0.343 e.